The highest BCUT2D eigenvalue weighted by molar-refractivity contribution is 5.86. The number of hydrogen-bond acceptors (Lipinski definition) is 7. The topological polar surface area (TPSA) is 97.0 Å². The highest BCUT2D eigenvalue weighted by Gasteiger charge is 2.08. The van der Waals surface area contributed by atoms with Crippen molar-refractivity contribution >= 4 is 22.8 Å². The van der Waals surface area contributed by atoms with Crippen LogP contribution < -0.4 is 10.6 Å². The summed E-state index contributed by atoms with van der Waals surface area (Å²) in [5.41, 5.74) is 0.722. The normalized spacial score (nSPS) is 11.0. The van der Waals surface area contributed by atoms with Crippen molar-refractivity contribution in [2.45, 2.75) is 13.3 Å². The summed E-state index contributed by atoms with van der Waals surface area (Å²) in [5.74, 6) is 1.37. The molecule has 0 aromatic carbocycles. The number of H-pyrrole nitrogens is 1. The number of nitrogens with one attached hydrogen (secondary N) is 3. The summed E-state index contributed by atoms with van der Waals surface area (Å²) in [7, 11) is 1.66. The fourth-order valence-electron chi connectivity index (χ4n) is 1.83. The molecule has 0 radical (unpaired) electrons. The van der Waals surface area contributed by atoms with E-state index in [0.29, 0.717) is 25.8 Å². The zero-order chi connectivity index (χ0) is 14.9. The lowest BCUT2D eigenvalue weighted by Crippen LogP contribution is -2.11. The van der Waals surface area contributed by atoms with Gasteiger partial charge in [0.2, 0.25) is 5.95 Å². The monoisotopic (exact) mass is 294 g/mol. The van der Waals surface area contributed by atoms with E-state index >= 15 is 0 Å². The molecule has 8 nitrogen and oxygen atoms in total. The van der Waals surface area contributed by atoms with Crippen LogP contribution in [0.15, 0.2) is 6.20 Å². The molecule has 0 atom stereocenters. The van der Waals surface area contributed by atoms with Gasteiger partial charge in [0.15, 0.2) is 5.65 Å². The van der Waals surface area contributed by atoms with Crippen LogP contribution in [0.2, 0.25) is 0 Å². The lowest BCUT2D eigenvalue weighted by atomic mass is 10.3. The number of hydrogen-bond donors (Lipinski definition) is 3. The maximum atomic E-state index is 5.42. The predicted octanol–water partition coefficient (Wildman–Crippen LogP) is 1.25. The Balaban J connectivity index is 1.87. The average Bonchev–Trinajstić information content (AvgIpc) is 2.95. The summed E-state index contributed by atoms with van der Waals surface area (Å²) in [5, 5.41) is 14.2. The van der Waals surface area contributed by atoms with E-state index in [1.54, 1.807) is 13.3 Å². The second-order valence-electron chi connectivity index (χ2n) is 4.44. The van der Waals surface area contributed by atoms with Crippen molar-refractivity contribution in [1.29, 1.82) is 0 Å². The molecule has 0 aliphatic carbocycles. The summed E-state index contributed by atoms with van der Waals surface area (Å²) in [4.78, 5) is 8.80. The van der Waals surface area contributed by atoms with Gasteiger partial charge in [-0.15, -0.1) is 0 Å². The maximum absolute atomic E-state index is 5.42. The lowest BCUT2D eigenvalue weighted by molar-refractivity contribution is 0.0705. The first-order valence-electron chi connectivity index (χ1n) is 7.10. The Morgan fingerprint density at radius 1 is 1.19 bits per heavy atom. The fourth-order valence-corrected chi connectivity index (χ4v) is 1.83. The molecule has 8 heteroatoms. The molecular formula is C13H22N6O2. The zero-order valence-electron chi connectivity index (χ0n) is 12.5. The zero-order valence-corrected chi connectivity index (χ0v) is 12.5. The van der Waals surface area contributed by atoms with Crippen LogP contribution in [0.3, 0.4) is 0 Å². The van der Waals surface area contributed by atoms with Gasteiger partial charge < -0.3 is 20.1 Å². The summed E-state index contributed by atoms with van der Waals surface area (Å²) in [6.45, 7) is 5.49. The number of aromatic nitrogens is 4. The van der Waals surface area contributed by atoms with Gasteiger partial charge in [-0.2, -0.15) is 15.1 Å². The first-order chi connectivity index (χ1) is 10.3. The van der Waals surface area contributed by atoms with Gasteiger partial charge >= 0.3 is 0 Å². The van der Waals surface area contributed by atoms with Crippen LogP contribution in [0.4, 0.5) is 11.8 Å². The summed E-state index contributed by atoms with van der Waals surface area (Å²) in [6, 6.07) is 0. The molecule has 2 rings (SSSR count). The van der Waals surface area contributed by atoms with E-state index in [0.717, 1.165) is 36.4 Å². The Morgan fingerprint density at radius 2 is 2.10 bits per heavy atom. The summed E-state index contributed by atoms with van der Waals surface area (Å²) < 4.78 is 10.3. The van der Waals surface area contributed by atoms with Crippen LogP contribution in [0.1, 0.15) is 13.3 Å². The molecule has 21 heavy (non-hydrogen) atoms. The SMILES string of the molecule is CCNc1nc(NCCCOCCOC)c2cn[nH]c2n1. The first kappa shape index (κ1) is 15.5. The lowest BCUT2D eigenvalue weighted by Gasteiger charge is -2.09. The van der Waals surface area contributed by atoms with Crippen molar-refractivity contribution in [2.24, 2.45) is 0 Å². The molecule has 3 N–H and O–H groups in total. The molecule has 0 spiro atoms. The van der Waals surface area contributed by atoms with E-state index in [9.17, 15) is 0 Å². The fraction of sp³-hybridized carbons (Fsp3) is 0.615. The predicted molar refractivity (Wildman–Crippen MR) is 81.6 cm³/mol. The molecule has 2 heterocycles. The number of aromatic amines is 1. The van der Waals surface area contributed by atoms with E-state index in [1.807, 2.05) is 6.92 Å². The van der Waals surface area contributed by atoms with E-state index < -0.39 is 0 Å². The van der Waals surface area contributed by atoms with Gasteiger partial charge in [0.1, 0.15) is 5.82 Å². The van der Waals surface area contributed by atoms with Gasteiger partial charge in [0.25, 0.3) is 0 Å². The standard InChI is InChI=1S/C13H22N6O2/c1-3-14-13-17-11(10-9-16-19-12(10)18-13)15-5-4-6-21-8-7-20-2/h9H,3-8H2,1-2H3,(H3,14,15,16,17,18,19). The number of methoxy groups -OCH3 is 1. The minimum atomic E-state index is 0.591. The molecule has 2 aromatic heterocycles. The van der Waals surface area contributed by atoms with Gasteiger partial charge in [-0.1, -0.05) is 0 Å². The van der Waals surface area contributed by atoms with Crippen molar-refractivity contribution in [3.63, 3.8) is 0 Å². The van der Waals surface area contributed by atoms with Gasteiger partial charge in [-0.05, 0) is 13.3 Å². The Kier molecular flexibility index (Phi) is 6.17. The minimum absolute atomic E-state index is 0.591. The first-order valence-corrected chi connectivity index (χ1v) is 7.10. The highest BCUT2D eigenvalue weighted by atomic mass is 16.5. The van der Waals surface area contributed by atoms with E-state index in [-0.39, 0.29) is 0 Å². The van der Waals surface area contributed by atoms with Crippen LogP contribution in [0.5, 0.6) is 0 Å². The Morgan fingerprint density at radius 3 is 2.90 bits per heavy atom. The van der Waals surface area contributed by atoms with Gasteiger partial charge in [-0.25, -0.2) is 0 Å². The second kappa shape index (κ2) is 8.38. The van der Waals surface area contributed by atoms with Crippen LogP contribution in [-0.4, -0.2) is 60.2 Å². The van der Waals surface area contributed by atoms with Crippen molar-refractivity contribution in [3.05, 3.63) is 6.20 Å². The maximum Gasteiger partial charge on any atom is 0.226 e. The molecule has 0 aliphatic rings. The molecule has 0 amide bonds. The van der Waals surface area contributed by atoms with Crippen LogP contribution in [0.25, 0.3) is 11.0 Å². The van der Waals surface area contributed by atoms with Crippen LogP contribution in [-0.2, 0) is 9.47 Å². The molecule has 116 valence electrons. The van der Waals surface area contributed by atoms with Crippen molar-refractivity contribution in [2.75, 3.05) is 50.7 Å². The van der Waals surface area contributed by atoms with E-state index in [1.165, 1.54) is 0 Å². The molecule has 0 unspecified atom stereocenters. The van der Waals surface area contributed by atoms with Crippen molar-refractivity contribution in [3.8, 4) is 0 Å². The third kappa shape index (κ3) is 4.54. The number of anilines is 2. The molecule has 0 saturated carbocycles. The number of rotatable bonds is 10. The third-order valence-electron chi connectivity index (χ3n) is 2.83. The van der Waals surface area contributed by atoms with E-state index in [4.69, 9.17) is 9.47 Å². The van der Waals surface area contributed by atoms with Crippen LogP contribution in [0, 0.1) is 0 Å². The molecular weight excluding hydrogens is 272 g/mol. The molecule has 0 bridgehead atoms. The smallest absolute Gasteiger partial charge is 0.226 e. The van der Waals surface area contributed by atoms with Crippen LogP contribution >= 0.6 is 0 Å². The number of ether oxygens (including phenoxy) is 2. The molecule has 0 saturated heterocycles. The van der Waals surface area contributed by atoms with Gasteiger partial charge in [0, 0.05) is 26.8 Å². The van der Waals surface area contributed by atoms with Crippen molar-refractivity contribution in [1.82, 2.24) is 20.2 Å². The Bertz CT molecular complexity index is 544. The third-order valence-corrected chi connectivity index (χ3v) is 2.83. The van der Waals surface area contributed by atoms with Gasteiger partial charge in [0.05, 0.1) is 24.8 Å². The number of nitrogens with zero attached hydrogens (tertiary/aromatic N) is 3. The highest BCUT2D eigenvalue weighted by Crippen LogP contribution is 2.19. The van der Waals surface area contributed by atoms with Gasteiger partial charge in [-0.3, -0.25) is 5.10 Å². The quantitative estimate of drug-likeness (QED) is 0.567. The summed E-state index contributed by atoms with van der Waals surface area (Å²) >= 11 is 0. The second-order valence-corrected chi connectivity index (χ2v) is 4.44. The number of fused-ring (bicyclic) bond motifs is 1. The Labute approximate surface area is 123 Å². The average molecular weight is 294 g/mol. The minimum Gasteiger partial charge on any atom is -0.382 e. The molecule has 0 aliphatic heterocycles. The van der Waals surface area contributed by atoms with E-state index in [2.05, 4.69) is 30.8 Å². The van der Waals surface area contributed by atoms with Crippen molar-refractivity contribution < 1.29 is 9.47 Å². The summed E-state index contributed by atoms with van der Waals surface area (Å²) in [6.07, 6.45) is 2.62. The Hall–Kier alpha value is -1.93. The molecule has 2 aromatic rings. The largest absolute Gasteiger partial charge is 0.382 e. The molecule has 0 fully saturated rings.